The molecule has 0 aliphatic rings. The van der Waals surface area contributed by atoms with Crippen molar-refractivity contribution in [3.05, 3.63) is 23.8 Å². The summed E-state index contributed by atoms with van der Waals surface area (Å²) in [4.78, 5) is 25.4. The molecule has 0 aromatic heterocycles. The van der Waals surface area contributed by atoms with Crippen molar-refractivity contribution in [3.8, 4) is 5.75 Å². The number of anilines is 1. The Balaban J connectivity index is 0.00000484. The second-order valence-electron chi connectivity index (χ2n) is 5.10. The average molecular weight is 344 g/mol. The van der Waals surface area contributed by atoms with Gasteiger partial charge in [0.2, 0.25) is 5.91 Å². The quantitative estimate of drug-likeness (QED) is 0.709. The largest absolute Gasteiger partial charge is 0.492 e. The molecule has 0 aliphatic carbocycles. The highest BCUT2D eigenvalue weighted by Gasteiger charge is 2.13. The number of rotatable bonds is 8. The van der Waals surface area contributed by atoms with Crippen LogP contribution < -0.4 is 15.4 Å². The monoisotopic (exact) mass is 343 g/mol. The van der Waals surface area contributed by atoms with E-state index in [1.54, 1.807) is 32.3 Å². The number of nitrogens with one attached hydrogen (secondary N) is 2. The van der Waals surface area contributed by atoms with Crippen molar-refractivity contribution in [1.82, 2.24) is 10.2 Å². The molecule has 2 amide bonds. The summed E-state index contributed by atoms with van der Waals surface area (Å²) in [7, 11) is 5.24. The van der Waals surface area contributed by atoms with Gasteiger partial charge in [-0.1, -0.05) is 0 Å². The maximum atomic E-state index is 12.0. The zero-order valence-corrected chi connectivity index (χ0v) is 15.0. The topological polar surface area (TPSA) is 70.7 Å². The molecular formula is C16H26ClN3O3. The Hall–Kier alpha value is -1.79. The Kier molecular flexibility index (Phi) is 10.0. The van der Waals surface area contributed by atoms with E-state index < -0.39 is 0 Å². The van der Waals surface area contributed by atoms with Crippen molar-refractivity contribution in [2.24, 2.45) is 0 Å². The van der Waals surface area contributed by atoms with Crippen LogP contribution in [0.2, 0.25) is 0 Å². The molecule has 6 nitrogen and oxygen atoms in total. The Labute approximate surface area is 144 Å². The number of nitrogens with zero attached hydrogens (tertiary/aromatic N) is 1. The van der Waals surface area contributed by atoms with E-state index in [4.69, 9.17) is 4.74 Å². The molecule has 0 radical (unpaired) electrons. The molecule has 0 bridgehead atoms. The zero-order valence-electron chi connectivity index (χ0n) is 14.1. The van der Waals surface area contributed by atoms with Gasteiger partial charge in [0.05, 0.1) is 12.3 Å². The Morgan fingerprint density at radius 1 is 1.26 bits per heavy atom. The van der Waals surface area contributed by atoms with E-state index in [9.17, 15) is 9.59 Å². The molecule has 2 N–H and O–H groups in total. The maximum Gasteiger partial charge on any atom is 0.253 e. The molecule has 0 heterocycles. The first kappa shape index (κ1) is 21.2. The van der Waals surface area contributed by atoms with E-state index in [0.717, 1.165) is 13.0 Å². The number of halogens is 1. The number of hydrogen-bond donors (Lipinski definition) is 2. The van der Waals surface area contributed by atoms with Crippen LogP contribution >= 0.6 is 12.4 Å². The fraction of sp³-hybridized carbons (Fsp3) is 0.500. The zero-order chi connectivity index (χ0) is 16.5. The van der Waals surface area contributed by atoms with E-state index in [1.807, 2.05) is 14.0 Å². The number of benzene rings is 1. The SMILES string of the molecule is CCOc1cc(C(=O)N(C)C)ccc1NC(=O)CCCNC.Cl. The van der Waals surface area contributed by atoms with Crippen molar-refractivity contribution in [2.75, 3.05) is 39.6 Å². The highest BCUT2D eigenvalue weighted by Crippen LogP contribution is 2.26. The van der Waals surface area contributed by atoms with E-state index in [-0.39, 0.29) is 24.2 Å². The van der Waals surface area contributed by atoms with Gasteiger partial charge in [-0.15, -0.1) is 12.4 Å². The third-order valence-electron chi connectivity index (χ3n) is 3.04. The van der Waals surface area contributed by atoms with E-state index >= 15 is 0 Å². The first-order chi connectivity index (χ1) is 10.5. The van der Waals surface area contributed by atoms with Crippen LogP contribution in [0, 0.1) is 0 Å². The third kappa shape index (κ3) is 6.88. The van der Waals surface area contributed by atoms with Crippen molar-refractivity contribution < 1.29 is 14.3 Å². The van der Waals surface area contributed by atoms with E-state index in [1.165, 1.54) is 4.90 Å². The Morgan fingerprint density at radius 3 is 2.52 bits per heavy atom. The van der Waals surface area contributed by atoms with Crippen LogP contribution in [0.4, 0.5) is 5.69 Å². The minimum absolute atomic E-state index is 0. The second kappa shape index (κ2) is 10.9. The predicted molar refractivity (Wildman–Crippen MR) is 94.7 cm³/mol. The van der Waals surface area contributed by atoms with Gasteiger partial charge in [0, 0.05) is 26.1 Å². The fourth-order valence-electron chi connectivity index (χ4n) is 1.93. The highest BCUT2D eigenvalue weighted by atomic mass is 35.5. The summed E-state index contributed by atoms with van der Waals surface area (Å²) in [6.45, 7) is 3.11. The van der Waals surface area contributed by atoms with E-state index in [2.05, 4.69) is 10.6 Å². The van der Waals surface area contributed by atoms with E-state index in [0.29, 0.717) is 30.0 Å². The molecule has 1 rings (SSSR count). The van der Waals surface area contributed by atoms with Crippen molar-refractivity contribution >= 4 is 29.9 Å². The molecular weight excluding hydrogens is 318 g/mol. The molecule has 1 aromatic carbocycles. The Bertz CT molecular complexity index is 521. The molecule has 0 aliphatic heterocycles. The molecule has 1 aromatic rings. The molecule has 23 heavy (non-hydrogen) atoms. The van der Waals surface area contributed by atoms with Gasteiger partial charge in [-0.25, -0.2) is 0 Å². The standard InChI is InChI=1S/C16H25N3O3.ClH/c1-5-22-14-11-12(16(21)19(3)4)8-9-13(14)18-15(20)7-6-10-17-2;/h8-9,11,17H,5-7,10H2,1-4H3,(H,18,20);1H. The molecule has 0 fully saturated rings. The molecule has 0 atom stereocenters. The van der Waals surface area contributed by atoms with Crippen LogP contribution in [0.15, 0.2) is 18.2 Å². The molecule has 0 spiro atoms. The van der Waals surface area contributed by atoms with Gasteiger partial charge in [-0.2, -0.15) is 0 Å². The smallest absolute Gasteiger partial charge is 0.253 e. The summed E-state index contributed by atoms with van der Waals surface area (Å²) in [5.74, 6) is 0.341. The number of hydrogen-bond acceptors (Lipinski definition) is 4. The van der Waals surface area contributed by atoms with Crippen LogP contribution in [0.1, 0.15) is 30.1 Å². The molecule has 130 valence electrons. The van der Waals surface area contributed by atoms with Crippen molar-refractivity contribution in [3.63, 3.8) is 0 Å². The lowest BCUT2D eigenvalue weighted by atomic mass is 10.1. The molecule has 0 unspecified atom stereocenters. The van der Waals surface area contributed by atoms with Crippen LogP contribution in [0.3, 0.4) is 0 Å². The first-order valence-corrected chi connectivity index (χ1v) is 7.42. The summed E-state index contributed by atoms with van der Waals surface area (Å²) in [5, 5.41) is 5.84. The lowest BCUT2D eigenvalue weighted by Crippen LogP contribution is -2.22. The number of carbonyl (C=O) groups excluding carboxylic acids is 2. The van der Waals surface area contributed by atoms with Crippen molar-refractivity contribution in [2.45, 2.75) is 19.8 Å². The molecule has 7 heteroatoms. The summed E-state index contributed by atoms with van der Waals surface area (Å²) < 4.78 is 5.54. The van der Waals surface area contributed by atoms with Gasteiger partial charge in [-0.05, 0) is 45.1 Å². The average Bonchev–Trinajstić information content (AvgIpc) is 2.48. The lowest BCUT2D eigenvalue weighted by Gasteiger charge is -2.15. The van der Waals surface area contributed by atoms with Gasteiger partial charge in [0.1, 0.15) is 5.75 Å². The summed E-state index contributed by atoms with van der Waals surface area (Å²) >= 11 is 0. The van der Waals surface area contributed by atoms with Crippen LogP contribution in [-0.4, -0.2) is 51.0 Å². The maximum absolute atomic E-state index is 12.0. The van der Waals surface area contributed by atoms with Crippen LogP contribution in [0.5, 0.6) is 5.75 Å². The van der Waals surface area contributed by atoms with Gasteiger partial charge in [-0.3, -0.25) is 9.59 Å². The summed E-state index contributed by atoms with van der Waals surface area (Å²) in [5.41, 5.74) is 1.12. The predicted octanol–water partition coefficient (Wildman–Crippen LogP) is 2.15. The highest BCUT2D eigenvalue weighted by molar-refractivity contribution is 5.97. The molecule has 0 saturated carbocycles. The van der Waals surface area contributed by atoms with Gasteiger partial charge < -0.3 is 20.3 Å². The van der Waals surface area contributed by atoms with Gasteiger partial charge >= 0.3 is 0 Å². The second-order valence-corrected chi connectivity index (χ2v) is 5.10. The minimum Gasteiger partial charge on any atom is -0.492 e. The fourth-order valence-corrected chi connectivity index (χ4v) is 1.93. The summed E-state index contributed by atoms with van der Waals surface area (Å²) in [6, 6.07) is 5.06. The lowest BCUT2D eigenvalue weighted by molar-refractivity contribution is -0.116. The number of ether oxygens (including phenoxy) is 1. The molecule has 0 saturated heterocycles. The summed E-state index contributed by atoms with van der Waals surface area (Å²) in [6.07, 6.45) is 1.20. The first-order valence-electron chi connectivity index (χ1n) is 7.42. The van der Waals surface area contributed by atoms with Crippen LogP contribution in [-0.2, 0) is 4.79 Å². The Morgan fingerprint density at radius 2 is 1.96 bits per heavy atom. The van der Waals surface area contributed by atoms with Crippen LogP contribution in [0.25, 0.3) is 0 Å². The van der Waals surface area contributed by atoms with Crippen molar-refractivity contribution in [1.29, 1.82) is 0 Å². The normalized spacial score (nSPS) is 9.74. The number of carbonyl (C=O) groups is 2. The van der Waals surface area contributed by atoms with Gasteiger partial charge in [0.25, 0.3) is 5.91 Å². The minimum atomic E-state index is -0.104. The van der Waals surface area contributed by atoms with Gasteiger partial charge in [0.15, 0.2) is 0 Å². The number of amides is 2. The third-order valence-corrected chi connectivity index (χ3v) is 3.04.